The second kappa shape index (κ2) is 8.61. The highest BCUT2D eigenvalue weighted by molar-refractivity contribution is 14.1. The monoisotopic (exact) mass is 571 g/mol. The van der Waals surface area contributed by atoms with Crippen molar-refractivity contribution in [1.82, 2.24) is 14.8 Å². The van der Waals surface area contributed by atoms with Crippen LogP contribution in [0.15, 0.2) is 60.7 Å². The van der Waals surface area contributed by atoms with Gasteiger partial charge in [0.25, 0.3) is 8.32 Å². The fourth-order valence-electron chi connectivity index (χ4n) is 6.13. The fourth-order valence-corrected chi connectivity index (χ4v) is 11.3. The van der Waals surface area contributed by atoms with E-state index in [1.165, 1.54) is 16.2 Å². The molecule has 174 valence electrons. The topological polar surface area (TPSA) is 39.9 Å². The van der Waals surface area contributed by atoms with E-state index in [1.54, 1.807) is 0 Å². The molecule has 5 rings (SSSR count). The first-order valence-electron chi connectivity index (χ1n) is 12.1. The summed E-state index contributed by atoms with van der Waals surface area (Å²) in [6, 6.07) is 22.4. The first-order chi connectivity index (χ1) is 15.7. The van der Waals surface area contributed by atoms with Crippen LogP contribution < -0.4 is 10.4 Å². The van der Waals surface area contributed by atoms with Crippen LogP contribution in [-0.4, -0.2) is 29.2 Å². The van der Waals surface area contributed by atoms with Gasteiger partial charge in [-0.05, 0) is 53.9 Å². The highest BCUT2D eigenvalue weighted by Crippen LogP contribution is 2.64. The lowest BCUT2D eigenvalue weighted by Crippen LogP contribution is -2.67. The predicted molar refractivity (Wildman–Crippen MR) is 145 cm³/mol. The van der Waals surface area contributed by atoms with Crippen LogP contribution in [0.3, 0.4) is 0 Å². The smallest absolute Gasteiger partial charge is 0.261 e. The molecule has 0 N–H and O–H groups in total. The zero-order valence-corrected chi connectivity index (χ0v) is 23.4. The Kier molecular flexibility index (Phi) is 6.06. The van der Waals surface area contributed by atoms with Crippen molar-refractivity contribution in [1.29, 1.82) is 0 Å². The first-order valence-corrected chi connectivity index (χ1v) is 15.1. The molecule has 0 bridgehead atoms. The van der Waals surface area contributed by atoms with Gasteiger partial charge in [0.2, 0.25) is 3.83 Å². The average Bonchev–Trinajstić information content (AvgIpc) is 3.09. The molecule has 6 heteroatoms. The van der Waals surface area contributed by atoms with Gasteiger partial charge in [-0.25, -0.2) is 9.67 Å². The number of benzene rings is 2. The molecular formula is C27H34IN3OSi. The molecule has 3 aromatic rings. The minimum Gasteiger partial charge on any atom is -0.404 e. The quantitative estimate of drug-likeness (QED) is 0.289. The van der Waals surface area contributed by atoms with Gasteiger partial charge in [-0.15, -0.1) is 5.10 Å². The molecule has 2 aliphatic carbocycles. The molecule has 0 amide bonds. The van der Waals surface area contributed by atoms with E-state index in [0.29, 0.717) is 29.9 Å². The molecule has 0 radical (unpaired) electrons. The molecule has 0 saturated heterocycles. The second-order valence-corrected chi connectivity index (χ2v) is 16.2. The molecular weight excluding hydrogens is 537 g/mol. The summed E-state index contributed by atoms with van der Waals surface area (Å²) in [5.41, 5.74) is 0. The van der Waals surface area contributed by atoms with Gasteiger partial charge in [0.05, 0.1) is 0 Å². The Morgan fingerprint density at radius 2 is 1.45 bits per heavy atom. The van der Waals surface area contributed by atoms with Crippen molar-refractivity contribution in [3.05, 3.63) is 70.3 Å². The highest BCUT2D eigenvalue weighted by Gasteiger charge is 2.61. The normalized spacial score (nSPS) is 24.8. The van der Waals surface area contributed by atoms with Crippen molar-refractivity contribution < 1.29 is 4.43 Å². The molecule has 4 nitrogen and oxygen atoms in total. The summed E-state index contributed by atoms with van der Waals surface area (Å²) < 4.78 is 10.4. The Labute approximate surface area is 212 Å². The number of fused-ring (bicyclic) bond motifs is 1. The van der Waals surface area contributed by atoms with Gasteiger partial charge in [0.1, 0.15) is 5.82 Å². The molecule has 2 aromatic carbocycles. The van der Waals surface area contributed by atoms with E-state index in [1.807, 2.05) is 0 Å². The number of nitrogens with zero attached hydrogens (tertiary/aromatic N) is 3. The Hall–Kier alpha value is -1.51. The Morgan fingerprint density at radius 1 is 0.939 bits per heavy atom. The van der Waals surface area contributed by atoms with E-state index in [9.17, 15) is 0 Å². The van der Waals surface area contributed by atoms with Crippen molar-refractivity contribution >= 4 is 41.3 Å². The molecule has 33 heavy (non-hydrogen) atoms. The summed E-state index contributed by atoms with van der Waals surface area (Å²) in [7, 11) is -2.48. The third-order valence-corrected chi connectivity index (χ3v) is 13.1. The molecule has 1 heterocycles. The molecule has 2 atom stereocenters. The van der Waals surface area contributed by atoms with E-state index in [0.717, 1.165) is 16.7 Å². The number of rotatable bonds is 6. The van der Waals surface area contributed by atoms with Crippen LogP contribution in [0.5, 0.6) is 0 Å². The van der Waals surface area contributed by atoms with Gasteiger partial charge in [0.15, 0.2) is 0 Å². The number of halogens is 1. The van der Waals surface area contributed by atoms with Gasteiger partial charge < -0.3 is 4.43 Å². The maximum atomic E-state index is 7.40. The zero-order chi connectivity index (χ0) is 23.4. The summed E-state index contributed by atoms with van der Waals surface area (Å²) in [4.78, 5) is 4.82. The van der Waals surface area contributed by atoms with Crippen molar-refractivity contribution in [3.8, 4) is 0 Å². The standard InChI is InChI=1S/C27H34IN3OSi/c1-18(2)31-25(29-26(28)30-31)24-22-16-19(17-23(22)24)32-33(27(3,4)5,20-12-8-6-9-13-20)21-14-10-7-11-15-21/h6-15,18-19,22-24H,16-17H2,1-5H3. The molecule has 2 unspecified atom stereocenters. The van der Waals surface area contributed by atoms with Crippen LogP contribution in [0.2, 0.25) is 5.04 Å². The van der Waals surface area contributed by atoms with E-state index in [4.69, 9.17) is 9.41 Å². The number of hydrogen-bond acceptors (Lipinski definition) is 3. The van der Waals surface area contributed by atoms with E-state index in [-0.39, 0.29) is 5.04 Å². The molecule has 0 spiro atoms. The molecule has 2 fully saturated rings. The van der Waals surface area contributed by atoms with Crippen molar-refractivity contribution in [2.75, 3.05) is 0 Å². The molecule has 2 saturated carbocycles. The third kappa shape index (κ3) is 4.02. The second-order valence-electron chi connectivity index (χ2n) is 11.0. The zero-order valence-electron chi connectivity index (χ0n) is 20.2. The highest BCUT2D eigenvalue weighted by atomic mass is 127. The third-order valence-electron chi connectivity index (χ3n) is 7.58. The Bertz CT molecular complexity index is 1060. The number of hydrogen-bond donors (Lipinski definition) is 0. The van der Waals surface area contributed by atoms with Crippen LogP contribution in [0.1, 0.15) is 65.2 Å². The van der Waals surface area contributed by atoms with Gasteiger partial charge in [-0.1, -0.05) is 81.4 Å². The van der Waals surface area contributed by atoms with Gasteiger partial charge in [-0.3, -0.25) is 0 Å². The minimum atomic E-state index is -2.48. The molecule has 1 aromatic heterocycles. The maximum absolute atomic E-state index is 7.40. The van der Waals surface area contributed by atoms with Crippen molar-refractivity contribution in [3.63, 3.8) is 0 Å². The summed E-state index contributed by atoms with van der Waals surface area (Å²) in [6.07, 6.45) is 2.56. The van der Waals surface area contributed by atoms with Crippen LogP contribution in [0.4, 0.5) is 0 Å². The number of aromatic nitrogens is 3. The van der Waals surface area contributed by atoms with Crippen LogP contribution in [0.25, 0.3) is 0 Å². The summed E-state index contributed by atoms with van der Waals surface area (Å²) >= 11 is 2.25. The van der Waals surface area contributed by atoms with Gasteiger partial charge >= 0.3 is 0 Å². The molecule has 0 aliphatic heterocycles. The molecule has 2 aliphatic rings. The average molecular weight is 572 g/mol. The summed E-state index contributed by atoms with van der Waals surface area (Å²) in [5.74, 6) is 3.08. The van der Waals surface area contributed by atoms with Crippen LogP contribution in [-0.2, 0) is 4.43 Å². The lowest BCUT2D eigenvalue weighted by Gasteiger charge is -2.45. The lowest BCUT2D eigenvalue weighted by molar-refractivity contribution is 0.177. The Balaban J connectivity index is 1.44. The van der Waals surface area contributed by atoms with Crippen molar-refractivity contribution in [2.45, 2.75) is 70.6 Å². The largest absolute Gasteiger partial charge is 0.404 e. The first kappa shape index (κ1) is 23.2. The summed E-state index contributed by atoms with van der Waals surface area (Å²) in [5, 5.41) is 7.42. The fraction of sp³-hybridized carbons (Fsp3) is 0.481. The van der Waals surface area contributed by atoms with Crippen LogP contribution >= 0.6 is 22.6 Å². The van der Waals surface area contributed by atoms with E-state index >= 15 is 0 Å². The van der Waals surface area contributed by atoms with Crippen LogP contribution in [0, 0.1) is 15.7 Å². The lowest BCUT2D eigenvalue weighted by atomic mass is 10.1. The summed E-state index contributed by atoms with van der Waals surface area (Å²) in [6.45, 7) is 11.5. The van der Waals surface area contributed by atoms with Gasteiger partial charge in [0, 0.05) is 40.7 Å². The van der Waals surface area contributed by atoms with Gasteiger partial charge in [-0.2, -0.15) is 0 Å². The van der Waals surface area contributed by atoms with E-state index in [2.05, 4.69) is 128 Å². The van der Waals surface area contributed by atoms with E-state index < -0.39 is 8.32 Å². The Morgan fingerprint density at radius 3 is 1.91 bits per heavy atom. The van der Waals surface area contributed by atoms with Crippen molar-refractivity contribution in [2.24, 2.45) is 11.8 Å². The minimum absolute atomic E-state index is 0.0236. The predicted octanol–water partition coefficient (Wildman–Crippen LogP) is 5.53. The maximum Gasteiger partial charge on any atom is 0.261 e. The SMILES string of the molecule is CC(C)n1nc(I)nc1C1C2CC(O[Si](c3ccccc3)(c3ccccc3)C(C)(C)C)CC21.